The lowest BCUT2D eigenvalue weighted by Gasteiger charge is -2.24. The molecule has 0 saturated carbocycles. The average Bonchev–Trinajstić information content (AvgIpc) is 2.90. The fraction of sp³-hybridized carbons (Fsp3) is 0.389. The van der Waals surface area contributed by atoms with E-state index in [1.165, 1.54) is 12.1 Å². The van der Waals surface area contributed by atoms with Gasteiger partial charge in [-0.15, -0.1) is 0 Å². The summed E-state index contributed by atoms with van der Waals surface area (Å²) in [5.41, 5.74) is 1.99. The van der Waals surface area contributed by atoms with Gasteiger partial charge in [-0.2, -0.15) is 0 Å². The quantitative estimate of drug-likeness (QED) is 0.630. The maximum absolute atomic E-state index is 13.1. The van der Waals surface area contributed by atoms with E-state index in [1.807, 2.05) is 35.8 Å². The molecule has 0 amide bonds. The van der Waals surface area contributed by atoms with Gasteiger partial charge in [0.15, 0.2) is 5.96 Å². The topological polar surface area (TPSA) is 41.8 Å². The molecule has 0 saturated heterocycles. The third kappa shape index (κ3) is 5.21. The molecule has 25 heavy (non-hydrogen) atoms. The smallest absolute Gasteiger partial charge is 0.193 e. The number of hydrogen-bond acceptors (Lipinski definition) is 2. The van der Waals surface area contributed by atoms with Gasteiger partial charge in [-0.05, 0) is 23.8 Å². The zero-order valence-corrected chi connectivity index (χ0v) is 15.7. The molecule has 5 nitrogen and oxygen atoms in total. The zero-order valence-electron chi connectivity index (χ0n) is 15.0. The van der Waals surface area contributed by atoms with Gasteiger partial charge in [-0.3, -0.25) is 4.99 Å². The molecule has 7 heteroatoms. The normalized spacial score (nSPS) is 13.0. The molecule has 0 aliphatic rings. The lowest BCUT2D eigenvalue weighted by atomic mass is 10.1. The van der Waals surface area contributed by atoms with E-state index in [0.29, 0.717) is 18.1 Å². The summed E-state index contributed by atoms with van der Waals surface area (Å²) in [7, 11) is 7.28. The number of benzene rings is 1. The summed E-state index contributed by atoms with van der Waals surface area (Å²) in [6.07, 6.45) is 1.67. The fourth-order valence-electron chi connectivity index (χ4n) is 2.62. The Morgan fingerprint density at radius 3 is 2.60 bits per heavy atom. The van der Waals surface area contributed by atoms with Crippen molar-refractivity contribution in [2.24, 2.45) is 12.0 Å². The number of aryl methyl sites for hydroxylation is 1. The first-order valence-electron chi connectivity index (χ1n) is 7.95. The van der Waals surface area contributed by atoms with Crippen LogP contribution in [-0.2, 0) is 18.3 Å². The van der Waals surface area contributed by atoms with Crippen molar-refractivity contribution in [1.82, 2.24) is 14.8 Å². The van der Waals surface area contributed by atoms with Gasteiger partial charge in [-0.25, -0.2) is 4.39 Å². The number of halogens is 2. The van der Waals surface area contributed by atoms with Crippen LogP contribution in [0, 0.1) is 5.82 Å². The number of rotatable bonds is 6. The van der Waals surface area contributed by atoms with Crippen LogP contribution in [0.3, 0.4) is 0 Å². The van der Waals surface area contributed by atoms with Crippen molar-refractivity contribution < 1.29 is 9.13 Å². The van der Waals surface area contributed by atoms with Crippen LogP contribution < -0.4 is 5.32 Å². The molecule has 1 N–H and O–H groups in total. The number of nitrogens with zero attached hydrogens (tertiary/aromatic N) is 3. The van der Waals surface area contributed by atoms with Crippen LogP contribution in [0.4, 0.5) is 4.39 Å². The van der Waals surface area contributed by atoms with Gasteiger partial charge in [0.1, 0.15) is 5.82 Å². The first-order valence-corrected chi connectivity index (χ1v) is 8.33. The SMILES string of the molecule is CN=C(NCC(OC)c1ccc(F)cc1)N(C)Cc1cc(Cl)cn1C. The lowest BCUT2D eigenvalue weighted by molar-refractivity contribution is 0.106. The number of guanidine groups is 1. The van der Waals surface area contributed by atoms with E-state index in [2.05, 4.69) is 10.3 Å². The molecule has 1 aromatic carbocycles. The van der Waals surface area contributed by atoms with E-state index < -0.39 is 0 Å². The van der Waals surface area contributed by atoms with Gasteiger partial charge in [0.25, 0.3) is 0 Å². The summed E-state index contributed by atoms with van der Waals surface area (Å²) in [5.74, 6) is 0.477. The Balaban J connectivity index is 1.98. The van der Waals surface area contributed by atoms with E-state index in [1.54, 1.807) is 26.3 Å². The molecule has 0 aliphatic carbocycles. The van der Waals surface area contributed by atoms with Gasteiger partial charge in [-0.1, -0.05) is 23.7 Å². The van der Waals surface area contributed by atoms with Crippen molar-refractivity contribution >= 4 is 17.6 Å². The predicted molar refractivity (Wildman–Crippen MR) is 99.4 cm³/mol. The first-order chi connectivity index (χ1) is 11.9. The van der Waals surface area contributed by atoms with Crippen LogP contribution >= 0.6 is 11.6 Å². The van der Waals surface area contributed by atoms with Crippen molar-refractivity contribution in [2.75, 3.05) is 27.7 Å². The van der Waals surface area contributed by atoms with Gasteiger partial charge in [0, 0.05) is 46.7 Å². The third-order valence-electron chi connectivity index (χ3n) is 4.02. The Morgan fingerprint density at radius 1 is 1.40 bits per heavy atom. The van der Waals surface area contributed by atoms with Crippen molar-refractivity contribution in [1.29, 1.82) is 0 Å². The van der Waals surface area contributed by atoms with Crippen molar-refractivity contribution in [2.45, 2.75) is 12.6 Å². The number of methoxy groups -OCH3 is 1. The second-order valence-electron chi connectivity index (χ2n) is 5.82. The second kappa shape index (κ2) is 8.87. The molecular formula is C18H24ClFN4O. The Hall–Kier alpha value is -2.05. The number of aromatic nitrogens is 1. The van der Waals surface area contributed by atoms with E-state index in [9.17, 15) is 4.39 Å². The van der Waals surface area contributed by atoms with Gasteiger partial charge in [0.2, 0.25) is 0 Å². The number of aliphatic imine (C=N–C) groups is 1. The summed E-state index contributed by atoms with van der Waals surface area (Å²) in [6.45, 7) is 1.18. The Morgan fingerprint density at radius 2 is 2.08 bits per heavy atom. The molecule has 0 aliphatic heterocycles. The Kier molecular flexibility index (Phi) is 6.84. The van der Waals surface area contributed by atoms with Crippen LogP contribution in [0.5, 0.6) is 0 Å². The minimum atomic E-state index is -0.261. The summed E-state index contributed by atoms with van der Waals surface area (Å²) in [5, 5.41) is 4.01. The Bertz CT molecular complexity index is 714. The molecule has 136 valence electrons. The molecule has 0 fully saturated rings. The minimum Gasteiger partial charge on any atom is -0.375 e. The molecule has 1 atom stereocenters. The summed E-state index contributed by atoms with van der Waals surface area (Å²) < 4.78 is 20.6. The van der Waals surface area contributed by atoms with Crippen molar-refractivity contribution in [3.63, 3.8) is 0 Å². The van der Waals surface area contributed by atoms with E-state index in [0.717, 1.165) is 17.2 Å². The lowest BCUT2D eigenvalue weighted by Crippen LogP contribution is -2.40. The van der Waals surface area contributed by atoms with Crippen LogP contribution in [0.2, 0.25) is 5.02 Å². The van der Waals surface area contributed by atoms with E-state index in [4.69, 9.17) is 16.3 Å². The second-order valence-corrected chi connectivity index (χ2v) is 6.26. The highest BCUT2D eigenvalue weighted by atomic mass is 35.5. The van der Waals surface area contributed by atoms with Crippen LogP contribution in [-0.4, -0.2) is 43.2 Å². The molecular weight excluding hydrogens is 343 g/mol. The van der Waals surface area contributed by atoms with Gasteiger partial charge >= 0.3 is 0 Å². The highest BCUT2D eigenvalue weighted by Crippen LogP contribution is 2.17. The zero-order chi connectivity index (χ0) is 18.4. The van der Waals surface area contributed by atoms with Crippen molar-refractivity contribution in [3.8, 4) is 0 Å². The average molecular weight is 367 g/mol. The molecule has 1 heterocycles. The summed E-state index contributed by atoms with van der Waals surface area (Å²) in [4.78, 5) is 6.31. The number of nitrogens with one attached hydrogen (secondary N) is 1. The maximum Gasteiger partial charge on any atom is 0.193 e. The molecule has 2 aromatic rings. The maximum atomic E-state index is 13.1. The largest absolute Gasteiger partial charge is 0.375 e. The van der Waals surface area contributed by atoms with Gasteiger partial charge in [0.05, 0.1) is 17.7 Å². The fourth-order valence-corrected chi connectivity index (χ4v) is 2.90. The third-order valence-corrected chi connectivity index (χ3v) is 4.23. The number of ether oxygens (including phenoxy) is 1. The standard InChI is InChI=1S/C18H24ClFN4O/c1-21-18(24(3)12-16-9-14(19)11-23(16)2)22-10-17(25-4)13-5-7-15(20)8-6-13/h5-9,11,17H,10,12H2,1-4H3,(H,21,22). The van der Waals surface area contributed by atoms with Crippen molar-refractivity contribution in [3.05, 3.63) is 58.6 Å². The van der Waals surface area contributed by atoms with Crippen LogP contribution in [0.25, 0.3) is 0 Å². The minimum absolute atomic E-state index is 0.199. The molecule has 0 spiro atoms. The summed E-state index contributed by atoms with van der Waals surface area (Å²) >= 11 is 6.03. The number of hydrogen-bond donors (Lipinski definition) is 1. The first kappa shape index (κ1) is 19.3. The molecule has 1 aromatic heterocycles. The summed E-state index contributed by atoms with van der Waals surface area (Å²) in [6, 6.07) is 8.25. The highest BCUT2D eigenvalue weighted by molar-refractivity contribution is 6.30. The highest BCUT2D eigenvalue weighted by Gasteiger charge is 2.14. The van der Waals surface area contributed by atoms with E-state index in [-0.39, 0.29) is 11.9 Å². The molecule has 2 rings (SSSR count). The van der Waals surface area contributed by atoms with E-state index >= 15 is 0 Å². The Labute approximate surface area is 153 Å². The predicted octanol–water partition coefficient (Wildman–Crippen LogP) is 3.21. The molecule has 1 unspecified atom stereocenters. The van der Waals surface area contributed by atoms with Gasteiger partial charge < -0.3 is 19.5 Å². The monoisotopic (exact) mass is 366 g/mol. The van der Waals surface area contributed by atoms with Crippen LogP contribution in [0.1, 0.15) is 17.4 Å². The van der Waals surface area contributed by atoms with Crippen LogP contribution in [0.15, 0.2) is 41.5 Å². The molecule has 0 radical (unpaired) electrons. The molecule has 0 bridgehead atoms.